The molecular weight excluding hydrogens is 232 g/mol. The van der Waals surface area contributed by atoms with Crippen LogP contribution in [-0.4, -0.2) is 4.57 Å². The minimum absolute atomic E-state index is 0.582. The molecule has 2 rings (SSSR count). The summed E-state index contributed by atoms with van der Waals surface area (Å²) >= 11 is 6.06. The first-order valence-electron chi connectivity index (χ1n) is 6.23. The molecule has 17 heavy (non-hydrogen) atoms. The zero-order valence-electron chi connectivity index (χ0n) is 10.2. The lowest BCUT2D eigenvalue weighted by atomic mass is 10.2. The van der Waals surface area contributed by atoms with Crippen molar-refractivity contribution in [2.24, 2.45) is 5.73 Å². The monoisotopic (exact) mass is 250 g/mol. The van der Waals surface area contributed by atoms with Gasteiger partial charge in [0.25, 0.3) is 0 Å². The van der Waals surface area contributed by atoms with Crippen molar-refractivity contribution >= 4 is 22.5 Å². The van der Waals surface area contributed by atoms with Gasteiger partial charge in [0, 0.05) is 35.2 Å². The average molecular weight is 251 g/mol. The van der Waals surface area contributed by atoms with Crippen LogP contribution >= 0.6 is 11.6 Å². The van der Waals surface area contributed by atoms with Crippen molar-refractivity contribution in [1.82, 2.24) is 4.57 Å². The molecule has 0 aliphatic carbocycles. The minimum Gasteiger partial charge on any atom is -0.347 e. The number of benzene rings is 1. The molecule has 0 radical (unpaired) electrons. The first kappa shape index (κ1) is 12.5. The Hall–Kier alpha value is -0.990. The van der Waals surface area contributed by atoms with Crippen LogP contribution < -0.4 is 5.73 Å². The fraction of sp³-hybridized carbons (Fsp3) is 0.429. The van der Waals surface area contributed by atoms with Gasteiger partial charge in [-0.2, -0.15) is 0 Å². The van der Waals surface area contributed by atoms with E-state index in [1.54, 1.807) is 0 Å². The van der Waals surface area contributed by atoms with Crippen LogP contribution in [0.15, 0.2) is 24.4 Å². The van der Waals surface area contributed by atoms with Gasteiger partial charge < -0.3 is 10.3 Å². The van der Waals surface area contributed by atoms with Crippen molar-refractivity contribution in [3.63, 3.8) is 0 Å². The third-order valence-electron chi connectivity index (χ3n) is 3.15. The van der Waals surface area contributed by atoms with Crippen molar-refractivity contribution < 1.29 is 0 Å². The van der Waals surface area contributed by atoms with Gasteiger partial charge in [0.2, 0.25) is 0 Å². The van der Waals surface area contributed by atoms with Crippen LogP contribution in [0.25, 0.3) is 10.9 Å². The van der Waals surface area contributed by atoms with Crippen molar-refractivity contribution in [2.75, 3.05) is 0 Å². The summed E-state index contributed by atoms with van der Waals surface area (Å²) in [5, 5.41) is 2.02. The Bertz CT molecular complexity index is 502. The zero-order valence-corrected chi connectivity index (χ0v) is 11.0. The van der Waals surface area contributed by atoms with Crippen LogP contribution in [-0.2, 0) is 13.1 Å². The molecule has 0 unspecified atom stereocenters. The lowest BCUT2D eigenvalue weighted by Crippen LogP contribution is -1.97. The Morgan fingerprint density at radius 2 is 2.12 bits per heavy atom. The van der Waals surface area contributed by atoms with Gasteiger partial charge in [0.15, 0.2) is 0 Å². The van der Waals surface area contributed by atoms with E-state index in [1.165, 1.54) is 35.7 Å². The maximum atomic E-state index is 6.06. The van der Waals surface area contributed by atoms with Gasteiger partial charge in [-0.1, -0.05) is 37.4 Å². The molecule has 0 atom stereocenters. The summed E-state index contributed by atoms with van der Waals surface area (Å²) in [6.45, 7) is 3.85. The number of aromatic nitrogens is 1. The van der Waals surface area contributed by atoms with Gasteiger partial charge in [-0.25, -0.2) is 0 Å². The zero-order chi connectivity index (χ0) is 12.3. The number of hydrogen-bond donors (Lipinski definition) is 1. The maximum Gasteiger partial charge on any atom is 0.0498 e. The maximum absolute atomic E-state index is 6.06. The molecule has 0 saturated heterocycles. The lowest BCUT2D eigenvalue weighted by Gasteiger charge is -2.04. The Balaban J connectivity index is 2.36. The predicted molar refractivity (Wildman–Crippen MR) is 74.4 cm³/mol. The average Bonchev–Trinajstić information content (AvgIpc) is 2.67. The van der Waals surface area contributed by atoms with Crippen molar-refractivity contribution in [3.05, 3.63) is 35.0 Å². The fourth-order valence-electron chi connectivity index (χ4n) is 2.22. The Morgan fingerprint density at radius 3 is 2.82 bits per heavy atom. The third kappa shape index (κ3) is 2.64. The molecular formula is C14H19ClN2. The molecule has 92 valence electrons. The van der Waals surface area contributed by atoms with Crippen molar-refractivity contribution in [1.29, 1.82) is 0 Å². The summed E-state index contributed by atoms with van der Waals surface area (Å²) in [5.41, 5.74) is 8.18. The van der Waals surface area contributed by atoms with E-state index in [1.807, 2.05) is 12.1 Å². The molecule has 0 bridgehead atoms. The molecule has 0 spiro atoms. The molecule has 0 saturated carbocycles. The summed E-state index contributed by atoms with van der Waals surface area (Å²) in [5.74, 6) is 0. The van der Waals surface area contributed by atoms with Crippen LogP contribution in [0, 0.1) is 0 Å². The van der Waals surface area contributed by atoms with Gasteiger partial charge in [0.1, 0.15) is 0 Å². The van der Waals surface area contributed by atoms with E-state index >= 15 is 0 Å². The highest BCUT2D eigenvalue weighted by atomic mass is 35.5. The number of nitrogens with zero attached hydrogens (tertiary/aromatic N) is 1. The normalized spacial score (nSPS) is 11.2. The second kappa shape index (κ2) is 5.56. The summed E-state index contributed by atoms with van der Waals surface area (Å²) in [6.07, 6.45) is 5.87. The van der Waals surface area contributed by atoms with Crippen LogP contribution in [0.1, 0.15) is 31.7 Å². The van der Waals surface area contributed by atoms with E-state index in [2.05, 4.69) is 23.8 Å². The summed E-state index contributed by atoms with van der Waals surface area (Å²) in [6, 6.07) is 6.03. The lowest BCUT2D eigenvalue weighted by molar-refractivity contribution is 0.615. The number of fused-ring (bicyclic) bond motifs is 1. The summed E-state index contributed by atoms with van der Waals surface area (Å²) in [7, 11) is 0. The molecule has 1 aromatic carbocycles. The highest BCUT2D eigenvalue weighted by Gasteiger charge is 2.07. The Morgan fingerprint density at radius 1 is 1.29 bits per heavy atom. The van der Waals surface area contributed by atoms with Crippen LogP contribution in [0.5, 0.6) is 0 Å². The first-order chi connectivity index (χ1) is 8.26. The largest absolute Gasteiger partial charge is 0.347 e. The van der Waals surface area contributed by atoms with E-state index in [0.29, 0.717) is 6.54 Å². The number of halogens is 1. The number of hydrogen-bond acceptors (Lipinski definition) is 1. The van der Waals surface area contributed by atoms with E-state index in [9.17, 15) is 0 Å². The van der Waals surface area contributed by atoms with Gasteiger partial charge in [0.05, 0.1) is 0 Å². The third-order valence-corrected chi connectivity index (χ3v) is 3.38. The van der Waals surface area contributed by atoms with E-state index < -0.39 is 0 Å². The van der Waals surface area contributed by atoms with Gasteiger partial charge in [-0.05, 0) is 24.1 Å². The molecule has 2 N–H and O–H groups in total. The highest BCUT2D eigenvalue weighted by molar-refractivity contribution is 6.31. The Kier molecular flexibility index (Phi) is 4.08. The van der Waals surface area contributed by atoms with Gasteiger partial charge >= 0.3 is 0 Å². The van der Waals surface area contributed by atoms with E-state index in [4.69, 9.17) is 17.3 Å². The molecule has 0 fully saturated rings. The second-order valence-electron chi connectivity index (χ2n) is 4.42. The van der Waals surface area contributed by atoms with E-state index in [0.717, 1.165) is 11.6 Å². The molecule has 2 aromatic rings. The van der Waals surface area contributed by atoms with Crippen LogP contribution in [0.2, 0.25) is 5.02 Å². The van der Waals surface area contributed by atoms with E-state index in [-0.39, 0.29) is 0 Å². The van der Waals surface area contributed by atoms with Gasteiger partial charge in [-0.3, -0.25) is 0 Å². The van der Waals surface area contributed by atoms with Crippen molar-refractivity contribution in [2.45, 2.75) is 39.3 Å². The van der Waals surface area contributed by atoms with Gasteiger partial charge in [-0.15, -0.1) is 0 Å². The van der Waals surface area contributed by atoms with Crippen LogP contribution in [0.3, 0.4) is 0 Å². The Labute approximate surface area is 107 Å². The second-order valence-corrected chi connectivity index (χ2v) is 4.86. The van der Waals surface area contributed by atoms with Crippen LogP contribution in [0.4, 0.5) is 0 Å². The topological polar surface area (TPSA) is 30.9 Å². The molecule has 3 heteroatoms. The standard InChI is InChI=1S/C14H19ClN2/c1-2-3-4-7-17-10-11(9-16)13-6-5-12(15)8-14(13)17/h5-6,8,10H,2-4,7,9,16H2,1H3. The number of aryl methyl sites for hydroxylation is 1. The minimum atomic E-state index is 0.582. The number of nitrogens with two attached hydrogens (primary N) is 1. The molecule has 0 aliphatic heterocycles. The quantitative estimate of drug-likeness (QED) is 0.801. The molecule has 1 heterocycles. The molecule has 2 nitrogen and oxygen atoms in total. The molecule has 0 amide bonds. The molecule has 1 aromatic heterocycles. The number of rotatable bonds is 5. The highest BCUT2D eigenvalue weighted by Crippen LogP contribution is 2.25. The number of unbranched alkanes of at least 4 members (excludes halogenated alkanes) is 2. The summed E-state index contributed by atoms with van der Waals surface area (Å²) < 4.78 is 2.28. The summed E-state index contributed by atoms with van der Waals surface area (Å²) in [4.78, 5) is 0. The molecule has 0 aliphatic rings. The first-order valence-corrected chi connectivity index (χ1v) is 6.61. The predicted octanol–water partition coefficient (Wildman–Crippen LogP) is 3.94. The fourth-order valence-corrected chi connectivity index (χ4v) is 2.39. The van der Waals surface area contributed by atoms with Crippen molar-refractivity contribution in [3.8, 4) is 0 Å². The smallest absolute Gasteiger partial charge is 0.0498 e. The SMILES string of the molecule is CCCCCn1cc(CN)c2ccc(Cl)cc21.